The largest absolute Gasteiger partial charge is 0.324 e. The average Bonchev–Trinajstić information content (AvgIpc) is 2.23. The quantitative estimate of drug-likeness (QED) is 0.725. The summed E-state index contributed by atoms with van der Waals surface area (Å²) in [7, 11) is 1.82. The monoisotopic (exact) mass is 204 g/mol. The van der Waals surface area contributed by atoms with Crippen LogP contribution in [-0.2, 0) is 11.2 Å². The molecule has 1 aliphatic rings. The van der Waals surface area contributed by atoms with Crippen LogP contribution >= 0.6 is 0 Å². The number of nitrogens with one attached hydrogen (secondary N) is 2. The Morgan fingerprint density at radius 3 is 2.67 bits per heavy atom. The molecular formula is C12H16N2O. The fourth-order valence-electron chi connectivity index (χ4n) is 2.05. The van der Waals surface area contributed by atoms with Crippen LogP contribution in [0.5, 0.6) is 0 Å². The molecule has 3 heteroatoms. The lowest BCUT2D eigenvalue weighted by molar-refractivity contribution is -0.118. The maximum Gasteiger partial charge on any atom is 0.241 e. The van der Waals surface area contributed by atoms with E-state index < -0.39 is 0 Å². The Morgan fingerprint density at radius 1 is 1.33 bits per heavy atom. The number of aryl methyl sites for hydroxylation is 2. The first-order valence-corrected chi connectivity index (χ1v) is 5.20. The molecule has 0 saturated heterocycles. The van der Waals surface area contributed by atoms with E-state index in [-0.39, 0.29) is 11.9 Å². The van der Waals surface area contributed by atoms with Crippen molar-refractivity contribution in [3.05, 3.63) is 28.8 Å². The highest BCUT2D eigenvalue weighted by Crippen LogP contribution is 2.28. The Bertz CT molecular complexity index is 412. The fourth-order valence-corrected chi connectivity index (χ4v) is 2.05. The summed E-state index contributed by atoms with van der Waals surface area (Å²) < 4.78 is 0. The third-order valence-electron chi connectivity index (χ3n) is 3.08. The van der Waals surface area contributed by atoms with Crippen LogP contribution < -0.4 is 10.6 Å². The number of hydrogen-bond donors (Lipinski definition) is 2. The number of anilines is 1. The van der Waals surface area contributed by atoms with Crippen LogP contribution in [-0.4, -0.2) is 19.0 Å². The van der Waals surface area contributed by atoms with E-state index >= 15 is 0 Å². The van der Waals surface area contributed by atoms with Crippen LogP contribution in [0.15, 0.2) is 12.1 Å². The molecule has 1 atom stereocenters. The van der Waals surface area contributed by atoms with Crippen molar-refractivity contribution in [3.63, 3.8) is 0 Å². The van der Waals surface area contributed by atoms with E-state index in [0.29, 0.717) is 0 Å². The third-order valence-corrected chi connectivity index (χ3v) is 3.08. The minimum Gasteiger partial charge on any atom is -0.324 e. The van der Waals surface area contributed by atoms with Crippen molar-refractivity contribution in [1.82, 2.24) is 5.32 Å². The van der Waals surface area contributed by atoms with Gasteiger partial charge in [-0.25, -0.2) is 0 Å². The van der Waals surface area contributed by atoms with Gasteiger partial charge in [0.15, 0.2) is 0 Å². The van der Waals surface area contributed by atoms with Crippen molar-refractivity contribution in [2.75, 3.05) is 12.4 Å². The second-order valence-corrected chi connectivity index (χ2v) is 4.09. The molecule has 0 aromatic heterocycles. The summed E-state index contributed by atoms with van der Waals surface area (Å²) in [4.78, 5) is 11.7. The summed E-state index contributed by atoms with van der Waals surface area (Å²) in [6, 6.07) is 4.06. The van der Waals surface area contributed by atoms with Gasteiger partial charge >= 0.3 is 0 Å². The number of amides is 1. The van der Waals surface area contributed by atoms with Crippen molar-refractivity contribution in [2.24, 2.45) is 0 Å². The standard InChI is InChI=1S/C12H16N2O/c1-7-4-5-8(2)11-9(7)6-10(13-3)12(15)14-11/h4-5,10,13H,6H2,1-3H3,(H,14,15). The van der Waals surface area contributed by atoms with Gasteiger partial charge in [0, 0.05) is 5.69 Å². The molecule has 1 amide bonds. The minimum absolute atomic E-state index is 0.0682. The third kappa shape index (κ3) is 1.63. The van der Waals surface area contributed by atoms with Crippen molar-refractivity contribution >= 4 is 11.6 Å². The van der Waals surface area contributed by atoms with Gasteiger partial charge in [0.25, 0.3) is 0 Å². The number of likely N-dealkylation sites (N-methyl/N-ethyl adjacent to an activating group) is 1. The van der Waals surface area contributed by atoms with Gasteiger partial charge in [-0.2, -0.15) is 0 Å². The highest BCUT2D eigenvalue weighted by atomic mass is 16.2. The van der Waals surface area contributed by atoms with Crippen LogP contribution in [0.3, 0.4) is 0 Å². The Morgan fingerprint density at radius 2 is 2.00 bits per heavy atom. The zero-order chi connectivity index (χ0) is 11.0. The van der Waals surface area contributed by atoms with Gasteiger partial charge in [-0.15, -0.1) is 0 Å². The SMILES string of the molecule is CNC1Cc2c(C)ccc(C)c2NC1=O. The summed E-state index contributed by atoms with van der Waals surface area (Å²) in [5.74, 6) is 0.0682. The summed E-state index contributed by atoms with van der Waals surface area (Å²) in [6.45, 7) is 4.11. The lowest BCUT2D eigenvalue weighted by atomic mass is 9.92. The molecule has 3 nitrogen and oxygen atoms in total. The lowest BCUT2D eigenvalue weighted by Crippen LogP contribution is -2.43. The highest BCUT2D eigenvalue weighted by molar-refractivity contribution is 5.99. The molecule has 2 N–H and O–H groups in total. The van der Waals surface area contributed by atoms with E-state index in [0.717, 1.165) is 17.7 Å². The van der Waals surface area contributed by atoms with Crippen LogP contribution in [0.2, 0.25) is 0 Å². The molecule has 1 unspecified atom stereocenters. The molecule has 1 aromatic carbocycles. The maximum atomic E-state index is 11.7. The van der Waals surface area contributed by atoms with E-state index in [9.17, 15) is 4.79 Å². The van der Waals surface area contributed by atoms with E-state index in [1.165, 1.54) is 11.1 Å². The molecule has 1 aliphatic heterocycles. The molecule has 0 bridgehead atoms. The van der Waals surface area contributed by atoms with Crippen molar-refractivity contribution in [2.45, 2.75) is 26.3 Å². The zero-order valence-electron chi connectivity index (χ0n) is 9.35. The first-order valence-electron chi connectivity index (χ1n) is 5.20. The number of carbonyl (C=O) groups excluding carboxylic acids is 1. The van der Waals surface area contributed by atoms with Gasteiger partial charge < -0.3 is 10.6 Å². The normalized spacial score (nSPS) is 19.7. The Kier molecular flexibility index (Phi) is 2.49. The van der Waals surface area contributed by atoms with E-state index in [2.05, 4.69) is 23.6 Å². The molecule has 0 aliphatic carbocycles. The van der Waals surface area contributed by atoms with Gasteiger partial charge in [-0.3, -0.25) is 4.79 Å². The van der Waals surface area contributed by atoms with E-state index in [1.54, 1.807) is 0 Å². The Labute approximate surface area is 89.9 Å². The van der Waals surface area contributed by atoms with Gasteiger partial charge in [-0.05, 0) is 44.0 Å². The molecule has 0 radical (unpaired) electrons. The van der Waals surface area contributed by atoms with E-state index in [1.807, 2.05) is 20.0 Å². The lowest BCUT2D eigenvalue weighted by Gasteiger charge is -2.27. The maximum absolute atomic E-state index is 11.7. The molecule has 0 fully saturated rings. The number of benzene rings is 1. The topological polar surface area (TPSA) is 41.1 Å². The molecule has 1 aromatic rings. The van der Waals surface area contributed by atoms with Crippen LogP contribution in [0.25, 0.3) is 0 Å². The molecule has 1 heterocycles. The number of fused-ring (bicyclic) bond motifs is 1. The number of rotatable bonds is 1. The summed E-state index contributed by atoms with van der Waals surface area (Å²) in [5, 5.41) is 6.00. The van der Waals surface area contributed by atoms with Crippen LogP contribution in [0, 0.1) is 13.8 Å². The summed E-state index contributed by atoms with van der Waals surface area (Å²) >= 11 is 0. The highest BCUT2D eigenvalue weighted by Gasteiger charge is 2.26. The average molecular weight is 204 g/mol. The number of hydrogen-bond acceptors (Lipinski definition) is 2. The second-order valence-electron chi connectivity index (χ2n) is 4.09. The molecule has 0 saturated carbocycles. The molecule has 2 rings (SSSR count). The Balaban J connectivity index is 2.48. The molecule has 15 heavy (non-hydrogen) atoms. The van der Waals surface area contributed by atoms with Crippen molar-refractivity contribution in [1.29, 1.82) is 0 Å². The van der Waals surface area contributed by atoms with Crippen molar-refractivity contribution < 1.29 is 4.79 Å². The van der Waals surface area contributed by atoms with Crippen LogP contribution in [0.1, 0.15) is 16.7 Å². The predicted molar refractivity (Wildman–Crippen MR) is 61.1 cm³/mol. The van der Waals surface area contributed by atoms with Crippen molar-refractivity contribution in [3.8, 4) is 0 Å². The summed E-state index contributed by atoms with van der Waals surface area (Å²) in [6.07, 6.45) is 0.783. The minimum atomic E-state index is -0.0991. The summed E-state index contributed by atoms with van der Waals surface area (Å²) in [5.41, 5.74) is 4.65. The van der Waals surface area contributed by atoms with Crippen LogP contribution in [0.4, 0.5) is 5.69 Å². The first kappa shape index (κ1) is 10.2. The predicted octanol–water partition coefficient (Wildman–Crippen LogP) is 1.39. The van der Waals surface area contributed by atoms with Gasteiger partial charge in [-0.1, -0.05) is 12.1 Å². The van der Waals surface area contributed by atoms with Gasteiger partial charge in [0.1, 0.15) is 0 Å². The fraction of sp³-hybridized carbons (Fsp3) is 0.417. The zero-order valence-corrected chi connectivity index (χ0v) is 9.35. The van der Waals surface area contributed by atoms with Gasteiger partial charge in [0.2, 0.25) is 5.91 Å². The smallest absolute Gasteiger partial charge is 0.241 e. The molecular weight excluding hydrogens is 188 g/mol. The van der Waals surface area contributed by atoms with E-state index in [4.69, 9.17) is 0 Å². The Hall–Kier alpha value is -1.35. The molecule has 0 spiro atoms. The first-order chi connectivity index (χ1) is 7.13. The second kappa shape index (κ2) is 3.66. The molecule has 80 valence electrons. The number of carbonyl (C=O) groups is 1. The van der Waals surface area contributed by atoms with Gasteiger partial charge in [0.05, 0.1) is 6.04 Å².